The number of hydrogen-bond acceptors (Lipinski definition) is 4. The van der Waals surface area contributed by atoms with Crippen LogP contribution in [0.15, 0.2) is 39.2 Å². The zero-order chi connectivity index (χ0) is 27.1. The van der Waals surface area contributed by atoms with E-state index in [0.29, 0.717) is 0 Å². The van der Waals surface area contributed by atoms with Gasteiger partial charge in [-0.05, 0) is 79.8 Å². The average molecular weight is 505 g/mol. The van der Waals surface area contributed by atoms with Gasteiger partial charge in [0.1, 0.15) is 5.71 Å². The molecule has 1 aliphatic rings. The molecule has 0 unspecified atom stereocenters. The Hall–Kier alpha value is -2.69. The van der Waals surface area contributed by atoms with Gasteiger partial charge in [0.05, 0.1) is 17.1 Å². The van der Waals surface area contributed by atoms with Crippen LogP contribution in [0.1, 0.15) is 115 Å². The number of nitrogens with zero attached hydrogens (tertiary/aromatic N) is 4. The molecule has 0 radical (unpaired) electrons. The third kappa shape index (κ3) is 6.61. The molecule has 2 aromatic rings. The maximum Gasteiger partial charge on any atom is 0.274 e. The standard InChI is InChI=1S/C32H48N4O/c1-9-12-15-26-27(22(4)5)21-29-31(30(23(6)7)34-36(29)32(26)37)33-28-17-16-25(20-24(28)8)35(18-13-10-2)19-14-11-3/h16-17,20-23H,9-15,18-19H2,1-8H3. The third-order valence-corrected chi connectivity index (χ3v) is 7.30. The monoisotopic (exact) mass is 504 g/mol. The topological polar surface area (TPSA) is 50.0 Å². The summed E-state index contributed by atoms with van der Waals surface area (Å²) in [5.41, 5.74) is 7.97. The summed E-state index contributed by atoms with van der Waals surface area (Å²) >= 11 is 0. The molecule has 3 rings (SSSR count). The lowest BCUT2D eigenvalue weighted by Crippen LogP contribution is -2.26. The summed E-state index contributed by atoms with van der Waals surface area (Å²) in [6.07, 6.45) is 7.67. The first kappa shape index (κ1) is 28.9. The average Bonchev–Trinajstić information content (AvgIpc) is 3.23. The summed E-state index contributed by atoms with van der Waals surface area (Å²) in [4.78, 5) is 21.3. The Bertz CT molecular complexity index is 1180. The van der Waals surface area contributed by atoms with Crippen LogP contribution in [-0.2, 0) is 6.42 Å². The Morgan fingerprint density at radius 2 is 1.57 bits per heavy atom. The van der Waals surface area contributed by atoms with Gasteiger partial charge in [0.2, 0.25) is 0 Å². The molecule has 2 heterocycles. The van der Waals surface area contributed by atoms with Gasteiger partial charge in [0, 0.05) is 24.3 Å². The van der Waals surface area contributed by atoms with Crippen molar-refractivity contribution < 1.29 is 0 Å². The Morgan fingerprint density at radius 3 is 2.11 bits per heavy atom. The molecule has 0 N–H and O–H groups in total. The highest BCUT2D eigenvalue weighted by Gasteiger charge is 2.29. The molecule has 202 valence electrons. The molecule has 0 saturated heterocycles. The first-order valence-corrected chi connectivity index (χ1v) is 14.6. The molecule has 1 aromatic heterocycles. The molecule has 0 atom stereocenters. The van der Waals surface area contributed by atoms with Crippen molar-refractivity contribution in [3.8, 4) is 0 Å². The van der Waals surface area contributed by atoms with E-state index in [2.05, 4.69) is 84.6 Å². The minimum absolute atomic E-state index is 0.0209. The molecule has 0 saturated carbocycles. The molecule has 1 aliphatic heterocycles. The number of fused-ring (bicyclic) bond motifs is 1. The fraction of sp³-hybridized carbons (Fsp3) is 0.594. The van der Waals surface area contributed by atoms with E-state index in [1.807, 2.05) is 0 Å². The number of anilines is 1. The smallest absolute Gasteiger partial charge is 0.274 e. The summed E-state index contributed by atoms with van der Waals surface area (Å²) < 4.78 is 1.62. The van der Waals surface area contributed by atoms with Crippen molar-refractivity contribution in [1.29, 1.82) is 0 Å². The Kier molecular flexibility index (Phi) is 10.3. The molecule has 0 aliphatic carbocycles. The van der Waals surface area contributed by atoms with E-state index in [-0.39, 0.29) is 17.4 Å². The number of pyridine rings is 1. The minimum Gasteiger partial charge on any atom is -0.372 e. The van der Waals surface area contributed by atoms with E-state index in [1.165, 1.54) is 31.4 Å². The first-order chi connectivity index (χ1) is 17.7. The van der Waals surface area contributed by atoms with Crippen LogP contribution in [-0.4, -0.2) is 29.2 Å². The molecule has 0 spiro atoms. The molecule has 1 aromatic carbocycles. The summed E-state index contributed by atoms with van der Waals surface area (Å²) in [5.74, 6) is 0.436. The largest absolute Gasteiger partial charge is 0.372 e. The molecule has 0 amide bonds. The predicted molar refractivity (Wildman–Crippen MR) is 160 cm³/mol. The van der Waals surface area contributed by atoms with Crippen molar-refractivity contribution in [1.82, 2.24) is 4.68 Å². The molecule has 5 heteroatoms. The predicted octanol–water partition coefficient (Wildman–Crippen LogP) is 8.02. The van der Waals surface area contributed by atoms with Crippen molar-refractivity contribution in [3.05, 3.63) is 57.0 Å². The van der Waals surface area contributed by atoms with Crippen LogP contribution < -0.4 is 10.5 Å². The Morgan fingerprint density at radius 1 is 0.919 bits per heavy atom. The second kappa shape index (κ2) is 13.2. The van der Waals surface area contributed by atoms with Crippen LogP contribution in [0, 0.1) is 12.8 Å². The zero-order valence-electron chi connectivity index (χ0n) is 24.5. The van der Waals surface area contributed by atoms with Crippen LogP contribution in [0.5, 0.6) is 0 Å². The quantitative estimate of drug-likeness (QED) is 0.277. The van der Waals surface area contributed by atoms with Crippen LogP contribution in [0.4, 0.5) is 11.4 Å². The Balaban J connectivity index is 2.09. The van der Waals surface area contributed by atoms with Crippen LogP contribution in [0.2, 0.25) is 0 Å². The van der Waals surface area contributed by atoms with E-state index >= 15 is 0 Å². The number of hydrogen-bond donors (Lipinski definition) is 0. The number of aryl methyl sites for hydroxylation is 1. The van der Waals surface area contributed by atoms with Gasteiger partial charge in [0.15, 0.2) is 0 Å². The molecular formula is C32H48N4O. The second-order valence-electron chi connectivity index (χ2n) is 11.1. The van der Waals surface area contributed by atoms with E-state index in [4.69, 9.17) is 10.1 Å². The molecule has 0 bridgehead atoms. The van der Waals surface area contributed by atoms with E-state index in [1.54, 1.807) is 4.68 Å². The SMILES string of the molecule is CCCCc1c(C(C)C)cc2n(c1=O)N=C(C(C)C)C2=Nc1ccc(N(CCCC)CCCC)cc1C. The number of unbranched alkanes of at least 4 members (excludes halogenated alkanes) is 3. The molecular weight excluding hydrogens is 456 g/mol. The maximum absolute atomic E-state index is 13.6. The normalized spacial score (nSPS) is 14.1. The number of benzene rings is 1. The highest BCUT2D eigenvalue weighted by atomic mass is 16.1. The van der Waals surface area contributed by atoms with Gasteiger partial charge in [-0.3, -0.25) is 4.79 Å². The van der Waals surface area contributed by atoms with E-state index < -0.39 is 0 Å². The van der Waals surface area contributed by atoms with Gasteiger partial charge in [-0.2, -0.15) is 9.78 Å². The second-order valence-corrected chi connectivity index (χ2v) is 11.1. The van der Waals surface area contributed by atoms with Crippen molar-refractivity contribution in [2.45, 2.75) is 106 Å². The van der Waals surface area contributed by atoms with Gasteiger partial charge in [-0.1, -0.05) is 67.7 Å². The molecule has 0 fully saturated rings. The summed E-state index contributed by atoms with van der Waals surface area (Å²) in [6.45, 7) is 19.6. The van der Waals surface area contributed by atoms with Gasteiger partial charge < -0.3 is 4.90 Å². The highest BCUT2D eigenvalue weighted by Crippen LogP contribution is 2.29. The van der Waals surface area contributed by atoms with Gasteiger partial charge in [-0.15, -0.1) is 0 Å². The minimum atomic E-state index is 0.0209. The fourth-order valence-electron chi connectivity index (χ4n) is 4.98. The van der Waals surface area contributed by atoms with Crippen LogP contribution in [0.25, 0.3) is 0 Å². The van der Waals surface area contributed by atoms with Gasteiger partial charge in [-0.25, -0.2) is 4.99 Å². The van der Waals surface area contributed by atoms with E-state index in [9.17, 15) is 4.79 Å². The van der Waals surface area contributed by atoms with Crippen molar-refractivity contribution in [2.75, 3.05) is 18.0 Å². The molecule has 5 nitrogen and oxygen atoms in total. The van der Waals surface area contributed by atoms with Crippen LogP contribution in [0.3, 0.4) is 0 Å². The summed E-state index contributed by atoms with van der Waals surface area (Å²) in [5, 5.41) is 4.82. The number of aliphatic imine (C=N–C) groups is 1. The zero-order valence-corrected chi connectivity index (χ0v) is 24.5. The maximum atomic E-state index is 13.6. The van der Waals surface area contributed by atoms with Crippen molar-refractivity contribution in [3.63, 3.8) is 0 Å². The van der Waals surface area contributed by atoms with Crippen molar-refractivity contribution >= 4 is 22.8 Å². The van der Waals surface area contributed by atoms with Crippen LogP contribution >= 0.6 is 0 Å². The lowest BCUT2D eigenvalue weighted by atomic mass is 9.93. The van der Waals surface area contributed by atoms with Gasteiger partial charge in [0.25, 0.3) is 5.56 Å². The van der Waals surface area contributed by atoms with Crippen molar-refractivity contribution in [2.24, 2.45) is 16.0 Å². The summed E-state index contributed by atoms with van der Waals surface area (Å²) in [7, 11) is 0. The first-order valence-electron chi connectivity index (χ1n) is 14.6. The lowest BCUT2D eigenvalue weighted by molar-refractivity contribution is 0.678. The van der Waals surface area contributed by atoms with E-state index in [0.717, 1.165) is 71.8 Å². The summed E-state index contributed by atoms with van der Waals surface area (Å²) in [6, 6.07) is 8.79. The van der Waals surface area contributed by atoms with Gasteiger partial charge >= 0.3 is 0 Å². The molecule has 37 heavy (non-hydrogen) atoms. The number of rotatable bonds is 13. The third-order valence-electron chi connectivity index (χ3n) is 7.30. The lowest BCUT2D eigenvalue weighted by Gasteiger charge is -2.25. The number of aromatic nitrogens is 1. The highest BCUT2D eigenvalue weighted by molar-refractivity contribution is 6.50. The fourth-order valence-corrected chi connectivity index (χ4v) is 4.98. The Labute approximate surface area is 224 Å².